The molecule has 4 rings (SSSR count). The lowest BCUT2D eigenvalue weighted by Gasteiger charge is -2.47. The molecule has 2 heterocycles. The zero-order chi connectivity index (χ0) is 25.7. The lowest BCUT2D eigenvalue weighted by Crippen LogP contribution is -2.57. The van der Waals surface area contributed by atoms with E-state index in [2.05, 4.69) is 65.5 Å². The molecule has 1 fully saturated rings. The summed E-state index contributed by atoms with van der Waals surface area (Å²) in [4.78, 5) is 21.5. The van der Waals surface area contributed by atoms with E-state index in [1.807, 2.05) is 23.6 Å². The molecule has 1 aromatic heterocycles. The van der Waals surface area contributed by atoms with Crippen molar-refractivity contribution in [2.75, 3.05) is 26.2 Å². The second-order valence-electron chi connectivity index (χ2n) is 9.38. The van der Waals surface area contributed by atoms with Gasteiger partial charge in [0, 0.05) is 42.7 Å². The normalized spacial score (nSPS) is 19.6. The van der Waals surface area contributed by atoms with Gasteiger partial charge in [0.25, 0.3) is 0 Å². The minimum Gasteiger partial charge on any atom is -0.508 e. The summed E-state index contributed by atoms with van der Waals surface area (Å²) >= 11 is 1.53. The van der Waals surface area contributed by atoms with Crippen LogP contribution in [-0.4, -0.2) is 64.2 Å². The highest BCUT2D eigenvalue weighted by atomic mass is 32.1. The van der Waals surface area contributed by atoms with E-state index in [9.17, 15) is 9.90 Å². The Morgan fingerprint density at radius 3 is 2.67 bits per heavy atom. The first-order chi connectivity index (χ1) is 17.4. The number of carbonyl (C=O) groups is 1. The number of phenolic OH excluding ortho intramolecular Hbond substituents is 1. The van der Waals surface area contributed by atoms with Crippen LogP contribution in [0.1, 0.15) is 43.6 Å². The van der Waals surface area contributed by atoms with Crippen LogP contribution in [0.3, 0.4) is 0 Å². The monoisotopic (exact) mass is 505 g/mol. The van der Waals surface area contributed by atoms with E-state index in [0.717, 1.165) is 41.5 Å². The highest BCUT2D eigenvalue weighted by Crippen LogP contribution is 2.35. The zero-order valence-electron chi connectivity index (χ0n) is 21.3. The number of hydrogen-bond acceptors (Lipinski definition) is 7. The number of thiazole rings is 1. The number of carbonyl (C=O) groups excluding carboxylic acids is 1. The smallest absolute Gasteiger partial charge is 0.311 e. The molecule has 0 radical (unpaired) electrons. The van der Waals surface area contributed by atoms with Crippen LogP contribution in [0.2, 0.25) is 0 Å². The third-order valence-corrected chi connectivity index (χ3v) is 7.64. The van der Waals surface area contributed by atoms with E-state index >= 15 is 0 Å². The average Bonchev–Trinajstić information content (AvgIpc) is 3.31. The van der Waals surface area contributed by atoms with Gasteiger partial charge in [0.05, 0.1) is 24.8 Å². The molecule has 6 nitrogen and oxygen atoms in total. The van der Waals surface area contributed by atoms with Gasteiger partial charge >= 0.3 is 5.97 Å². The van der Waals surface area contributed by atoms with Crippen molar-refractivity contribution < 1.29 is 14.6 Å². The number of benzene rings is 2. The minimum absolute atomic E-state index is 0.0187. The summed E-state index contributed by atoms with van der Waals surface area (Å²) in [6.45, 7) is 13.4. The minimum atomic E-state index is -0.254. The number of phenols is 1. The first-order valence-corrected chi connectivity index (χ1v) is 13.4. The lowest BCUT2D eigenvalue weighted by molar-refractivity contribution is -0.142. The van der Waals surface area contributed by atoms with Gasteiger partial charge in [-0.15, -0.1) is 17.9 Å². The maximum absolute atomic E-state index is 11.8. The van der Waals surface area contributed by atoms with Crippen LogP contribution in [0, 0.1) is 0 Å². The molecule has 2 aromatic carbocycles. The maximum atomic E-state index is 11.8. The molecule has 0 amide bonds. The molecule has 1 aliphatic rings. The third-order valence-electron chi connectivity index (χ3n) is 6.70. The van der Waals surface area contributed by atoms with Crippen molar-refractivity contribution in [2.45, 2.75) is 45.3 Å². The highest BCUT2D eigenvalue weighted by molar-refractivity contribution is 7.13. The van der Waals surface area contributed by atoms with E-state index in [4.69, 9.17) is 4.74 Å². The Labute approximate surface area is 217 Å². The van der Waals surface area contributed by atoms with Gasteiger partial charge in [0.2, 0.25) is 0 Å². The molecule has 7 heteroatoms. The van der Waals surface area contributed by atoms with E-state index in [1.165, 1.54) is 16.9 Å². The van der Waals surface area contributed by atoms with Gasteiger partial charge < -0.3 is 9.84 Å². The molecule has 3 aromatic rings. The first kappa shape index (κ1) is 26.1. The largest absolute Gasteiger partial charge is 0.508 e. The van der Waals surface area contributed by atoms with Crippen LogP contribution in [-0.2, 0) is 16.0 Å². The SMILES string of the molecule is C=CCN1C[C@H](C)N([C@H](c2ccc(-c3nc(CC(=O)OCC)cs3)cc2)c2cccc(O)c2)C[C@H]1C. The van der Waals surface area contributed by atoms with Crippen LogP contribution in [0.4, 0.5) is 0 Å². The topological polar surface area (TPSA) is 65.9 Å². The molecule has 0 bridgehead atoms. The molecule has 0 saturated carbocycles. The van der Waals surface area contributed by atoms with E-state index in [-0.39, 0.29) is 24.2 Å². The zero-order valence-corrected chi connectivity index (χ0v) is 22.1. The average molecular weight is 506 g/mol. The molecule has 36 heavy (non-hydrogen) atoms. The second-order valence-corrected chi connectivity index (χ2v) is 10.2. The van der Waals surface area contributed by atoms with Gasteiger partial charge in [-0.1, -0.05) is 42.5 Å². The number of aromatic hydroxyl groups is 1. The Kier molecular flexibility index (Phi) is 8.56. The van der Waals surface area contributed by atoms with Gasteiger partial charge in [-0.2, -0.15) is 0 Å². The van der Waals surface area contributed by atoms with Gasteiger partial charge in [0.1, 0.15) is 10.8 Å². The van der Waals surface area contributed by atoms with Crippen molar-refractivity contribution in [1.29, 1.82) is 0 Å². The number of nitrogens with zero attached hydrogens (tertiary/aromatic N) is 3. The molecule has 0 unspecified atom stereocenters. The predicted octanol–water partition coefficient (Wildman–Crippen LogP) is 5.29. The summed E-state index contributed by atoms with van der Waals surface area (Å²) in [6.07, 6.45) is 2.16. The van der Waals surface area contributed by atoms with E-state index in [0.29, 0.717) is 18.7 Å². The van der Waals surface area contributed by atoms with E-state index < -0.39 is 0 Å². The van der Waals surface area contributed by atoms with Crippen molar-refractivity contribution in [3.63, 3.8) is 0 Å². The standard InChI is InChI=1S/C29H35N3O3S/c1-5-14-31-17-21(4)32(18-20(31)3)28(24-8-7-9-26(33)15-24)22-10-12-23(13-11-22)29-30-25(19-36-29)16-27(34)35-6-2/h5,7-13,15,19-21,28,33H,1,6,14,16-18H2,2-4H3/t20-,21+,28-/m1/s1. The van der Waals surface area contributed by atoms with Crippen LogP contribution in [0.5, 0.6) is 5.75 Å². The van der Waals surface area contributed by atoms with Crippen molar-refractivity contribution in [2.24, 2.45) is 0 Å². The fourth-order valence-corrected chi connectivity index (χ4v) is 5.79. The van der Waals surface area contributed by atoms with Crippen molar-refractivity contribution in [3.8, 4) is 16.3 Å². The fraction of sp³-hybridized carbons (Fsp3) is 0.379. The van der Waals surface area contributed by atoms with Crippen LogP contribution < -0.4 is 0 Å². The summed E-state index contributed by atoms with van der Waals surface area (Å²) in [7, 11) is 0. The summed E-state index contributed by atoms with van der Waals surface area (Å²) in [5.74, 6) is 0.0206. The molecular formula is C29H35N3O3S. The number of piperazine rings is 1. The third kappa shape index (κ3) is 6.03. The molecular weight excluding hydrogens is 470 g/mol. The summed E-state index contributed by atoms with van der Waals surface area (Å²) in [5.41, 5.74) is 4.00. The molecule has 3 atom stereocenters. The van der Waals surface area contributed by atoms with Crippen LogP contribution in [0.25, 0.3) is 10.6 Å². The Morgan fingerprint density at radius 2 is 1.97 bits per heavy atom. The molecule has 0 aliphatic carbocycles. The molecule has 0 spiro atoms. The maximum Gasteiger partial charge on any atom is 0.311 e. The Bertz CT molecular complexity index is 1180. The Morgan fingerprint density at radius 1 is 1.19 bits per heavy atom. The number of hydrogen-bond donors (Lipinski definition) is 1. The molecule has 1 aliphatic heterocycles. The quantitative estimate of drug-likeness (QED) is 0.315. The molecule has 1 N–H and O–H groups in total. The van der Waals surface area contributed by atoms with Crippen LogP contribution in [0.15, 0.2) is 66.6 Å². The Balaban J connectivity index is 1.61. The Hall–Kier alpha value is -3.00. The molecule has 1 saturated heterocycles. The van der Waals surface area contributed by atoms with Crippen molar-refractivity contribution in [1.82, 2.24) is 14.8 Å². The second kappa shape index (κ2) is 11.8. The number of aromatic nitrogens is 1. The van der Waals surface area contributed by atoms with Gasteiger partial charge in [-0.05, 0) is 44.0 Å². The van der Waals surface area contributed by atoms with Gasteiger partial charge in [-0.3, -0.25) is 14.6 Å². The van der Waals surface area contributed by atoms with E-state index in [1.54, 1.807) is 13.0 Å². The van der Waals surface area contributed by atoms with Crippen molar-refractivity contribution >= 4 is 17.3 Å². The lowest BCUT2D eigenvalue weighted by atomic mass is 9.93. The number of esters is 1. The summed E-state index contributed by atoms with van der Waals surface area (Å²) < 4.78 is 5.04. The van der Waals surface area contributed by atoms with Gasteiger partial charge in [-0.25, -0.2) is 4.98 Å². The van der Waals surface area contributed by atoms with Gasteiger partial charge in [0.15, 0.2) is 0 Å². The number of ether oxygens (including phenoxy) is 1. The summed E-state index contributed by atoms with van der Waals surface area (Å²) in [6, 6.07) is 16.8. The first-order valence-electron chi connectivity index (χ1n) is 12.5. The number of rotatable bonds is 9. The fourth-order valence-electron chi connectivity index (χ4n) is 4.96. The van der Waals surface area contributed by atoms with Crippen LogP contribution >= 0.6 is 11.3 Å². The summed E-state index contributed by atoms with van der Waals surface area (Å²) in [5, 5.41) is 13.1. The predicted molar refractivity (Wildman–Crippen MR) is 145 cm³/mol. The van der Waals surface area contributed by atoms with Crippen molar-refractivity contribution in [3.05, 3.63) is 83.4 Å². The highest BCUT2D eigenvalue weighted by Gasteiger charge is 2.34. The molecule has 190 valence electrons.